The van der Waals surface area contributed by atoms with E-state index in [1.165, 1.54) is 16.8 Å². The van der Waals surface area contributed by atoms with Gasteiger partial charge in [-0.3, -0.25) is 0 Å². The van der Waals surface area contributed by atoms with E-state index in [-0.39, 0.29) is 5.60 Å². The van der Waals surface area contributed by atoms with Crippen LogP contribution in [0.15, 0.2) is 61.2 Å². The molecule has 0 aliphatic carbocycles. The fourth-order valence-electron chi connectivity index (χ4n) is 3.65. The van der Waals surface area contributed by atoms with Crippen LogP contribution in [0.2, 0.25) is 0 Å². The minimum Gasteiger partial charge on any atom is -0.372 e. The highest BCUT2D eigenvalue weighted by Crippen LogP contribution is 2.30. The molecule has 2 fully saturated rings. The lowest BCUT2D eigenvalue weighted by molar-refractivity contribution is -0.0799. The van der Waals surface area contributed by atoms with Gasteiger partial charge in [-0.05, 0) is 42.5 Å². The van der Waals surface area contributed by atoms with E-state index in [4.69, 9.17) is 4.74 Å². The molecule has 3 nitrogen and oxygen atoms in total. The number of morpholine rings is 1. The summed E-state index contributed by atoms with van der Waals surface area (Å²) in [5.74, 6) is 0. The number of anilines is 1. The second-order valence-corrected chi connectivity index (χ2v) is 6.72. The van der Waals surface area contributed by atoms with Crippen molar-refractivity contribution in [3.05, 3.63) is 66.8 Å². The van der Waals surface area contributed by atoms with Gasteiger partial charge in [-0.25, -0.2) is 0 Å². The van der Waals surface area contributed by atoms with E-state index < -0.39 is 0 Å². The lowest BCUT2D eigenvalue weighted by atomic mass is 9.89. The Morgan fingerprint density at radius 1 is 1.29 bits per heavy atom. The standard InChI is InChI=1S/C21H28N2O/c1-3-6-18(4-2)15-19-7-5-8-20(16-19)23-12-9-21(10-13-23)17-22-11-14-24-21/h3-8,16,22H,1-2,9-15,17H2/b18-6+. The highest BCUT2D eigenvalue weighted by molar-refractivity contribution is 5.50. The van der Waals surface area contributed by atoms with Crippen molar-refractivity contribution in [1.29, 1.82) is 0 Å². The largest absolute Gasteiger partial charge is 0.372 e. The average molecular weight is 324 g/mol. The van der Waals surface area contributed by atoms with Gasteiger partial charge in [0.1, 0.15) is 0 Å². The summed E-state index contributed by atoms with van der Waals surface area (Å²) in [7, 11) is 0. The van der Waals surface area contributed by atoms with Crippen molar-refractivity contribution in [2.45, 2.75) is 24.9 Å². The summed E-state index contributed by atoms with van der Waals surface area (Å²) in [5.41, 5.74) is 3.89. The molecule has 0 unspecified atom stereocenters. The third-order valence-corrected chi connectivity index (χ3v) is 5.09. The lowest BCUT2D eigenvalue weighted by Gasteiger charge is -2.44. The predicted octanol–water partition coefficient (Wildman–Crippen LogP) is 3.49. The molecule has 3 rings (SSSR count). The molecule has 1 N–H and O–H groups in total. The molecular weight excluding hydrogens is 296 g/mol. The van der Waals surface area contributed by atoms with Gasteiger partial charge >= 0.3 is 0 Å². The van der Waals surface area contributed by atoms with Crippen LogP contribution >= 0.6 is 0 Å². The van der Waals surface area contributed by atoms with Crippen LogP contribution in [0.4, 0.5) is 5.69 Å². The Labute approximate surface area is 145 Å². The maximum absolute atomic E-state index is 6.09. The van der Waals surface area contributed by atoms with E-state index in [0.717, 1.165) is 52.0 Å². The van der Waals surface area contributed by atoms with Crippen LogP contribution in [-0.2, 0) is 11.2 Å². The van der Waals surface area contributed by atoms with E-state index >= 15 is 0 Å². The van der Waals surface area contributed by atoms with Gasteiger partial charge in [-0.2, -0.15) is 0 Å². The number of ether oxygens (including phenoxy) is 1. The highest BCUT2D eigenvalue weighted by Gasteiger charge is 2.36. The van der Waals surface area contributed by atoms with Gasteiger partial charge in [0.2, 0.25) is 0 Å². The smallest absolute Gasteiger partial charge is 0.0840 e. The number of rotatable bonds is 5. The molecular formula is C21H28N2O. The van der Waals surface area contributed by atoms with Gasteiger partial charge in [0.15, 0.2) is 0 Å². The number of hydrogen-bond donors (Lipinski definition) is 1. The zero-order chi connectivity index (χ0) is 16.8. The zero-order valence-corrected chi connectivity index (χ0v) is 14.5. The molecule has 0 radical (unpaired) electrons. The molecule has 0 saturated carbocycles. The number of hydrogen-bond acceptors (Lipinski definition) is 3. The summed E-state index contributed by atoms with van der Waals surface area (Å²) in [6, 6.07) is 8.86. The van der Waals surface area contributed by atoms with E-state index in [0.29, 0.717) is 0 Å². The molecule has 2 aliphatic heterocycles. The van der Waals surface area contributed by atoms with Gasteiger partial charge < -0.3 is 15.0 Å². The molecule has 2 aliphatic rings. The van der Waals surface area contributed by atoms with Crippen LogP contribution in [0.1, 0.15) is 18.4 Å². The molecule has 0 bridgehead atoms. The summed E-state index contributed by atoms with van der Waals surface area (Å²) >= 11 is 0. The monoisotopic (exact) mass is 324 g/mol. The number of piperidine rings is 1. The average Bonchev–Trinajstić information content (AvgIpc) is 2.63. The quantitative estimate of drug-likeness (QED) is 0.839. The summed E-state index contributed by atoms with van der Waals surface area (Å²) in [5, 5.41) is 3.48. The maximum atomic E-state index is 6.09. The van der Waals surface area contributed by atoms with E-state index in [9.17, 15) is 0 Å². The molecule has 0 amide bonds. The highest BCUT2D eigenvalue weighted by atomic mass is 16.5. The summed E-state index contributed by atoms with van der Waals surface area (Å²) in [6.07, 6.45) is 8.85. The van der Waals surface area contributed by atoms with Gasteiger partial charge in [-0.15, -0.1) is 0 Å². The molecule has 1 aromatic rings. The Morgan fingerprint density at radius 3 is 2.79 bits per heavy atom. The Balaban J connectivity index is 1.65. The van der Waals surface area contributed by atoms with E-state index in [1.807, 2.05) is 18.2 Å². The number of nitrogens with one attached hydrogen (secondary N) is 1. The van der Waals surface area contributed by atoms with Gasteiger partial charge in [0.25, 0.3) is 0 Å². The molecule has 2 saturated heterocycles. The molecule has 0 aromatic heterocycles. The second kappa shape index (κ2) is 7.82. The first-order chi connectivity index (χ1) is 11.7. The molecule has 1 spiro atoms. The van der Waals surface area contributed by atoms with Crippen LogP contribution < -0.4 is 10.2 Å². The molecule has 24 heavy (non-hydrogen) atoms. The molecule has 2 heterocycles. The fraction of sp³-hybridized carbons (Fsp3) is 0.429. The first kappa shape index (κ1) is 17.0. The summed E-state index contributed by atoms with van der Waals surface area (Å²) < 4.78 is 6.09. The Morgan fingerprint density at radius 2 is 2.12 bits per heavy atom. The lowest BCUT2D eigenvalue weighted by Crippen LogP contribution is -2.55. The fourth-order valence-corrected chi connectivity index (χ4v) is 3.65. The van der Waals surface area contributed by atoms with Crippen LogP contribution in [0, 0.1) is 0 Å². The van der Waals surface area contributed by atoms with Crippen LogP contribution in [0.5, 0.6) is 0 Å². The van der Waals surface area contributed by atoms with Crippen molar-refractivity contribution in [2.24, 2.45) is 0 Å². The first-order valence-electron chi connectivity index (χ1n) is 8.87. The predicted molar refractivity (Wildman–Crippen MR) is 102 cm³/mol. The Bertz CT molecular complexity index is 604. The van der Waals surface area contributed by atoms with E-state index in [2.05, 4.69) is 47.6 Å². The zero-order valence-electron chi connectivity index (χ0n) is 14.5. The first-order valence-corrected chi connectivity index (χ1v) is 8.87. The Kier molecular flexibility index (Phi) is 5.54. The molecule has 0 atom stereocenters. The van der Waals surface area contributed by atoms with Gasteiger partial charge in [-0.1, -0.05) is 43.5 Å². The van der Waals surface area contributed by atoms with Crippen molar-refractivity contribution in [3.8, 4) is 0 Å². The van der Waals surface area contributed by atoms with Crippen molar-refractivity contribution < 1.29 is 4.74 Å². The Hall–Kier alpha value is -1.84. The topological polar surface area (TPSA) is 24.5 Å². The van der Waals surface area contributed by atoms with Gasteiger partial charge in [0, 0.05) is 31.9 Å². The van der Waals surface area contributed by atoms with Crippen LogP contribution in [0.25, 0.3) is 0 Å². The third-order valence-electron chi connectivity index (χ3n) is 5.09. The number of benzene rings is 1. The third kappa shape index (κ3) is 3.97. The van der Waals surface area contributed by atoms with Crippen LogP contribution in [-0.4, -0.2) is 38.4 Å². The number of nitrogens with zero attached hydrogens (tertiary/aromatic N) is 1. The summed E-state index contributed by atoms with van der Waals surface area (Å²) in [6.45, 7) is 12.6. The van der Waals surface area contributed by atoms with Crippen molar-refractivity contribution in [3.63, 3.8) is 0 Å². The molecule has 3 heteroatoms. The molecule has 1 aromatic carbocycles. The van der Waals surface area contributed by atoms with Crippen molar-refractivity contribution >= 4 is 5.69 Å². The minimum atomic E-state index is 0.0646. The van der Waals surface area contributed by atoms with E-state index in [1.54, 1.807) is 0 Å². The molecule has 128 valence electrons. The second-order valence-electron chi connectivity index (χ2n) is 6.72. The minimum absolute atomic E-state index is 0.0646. The van der Waals surface area contributed by atoms with Gasteiger partial charge in [0.05, 0.1) is 12.2 Å². The van der Waals surface area contributed by atoms with Crippen molar-refractivity contribution in [1.82, 2.24) is 5.32 Å². The van der Waals surface area contributed by atoms with Crippen molar-refractivity contribution in [2.75, 3.05) is 37.7 Å². The van der Waals surface area contributed by atoms with Crippen LogP contribution in [0.3, 0.4) is 0 Å². The SMILES string of the molecule is C=C/C=C(\C=C)Cc1cccc(N2CCC3(CC2)CNCCO3)c1. The summed E-state index contributed by atoms with van der Waals surface area (Å²) in [4.78, 5) is 2.48. The maximum Gasteiger partial charge on any atom is 0.0840 e. The normalized spacial score (nSPS) is 20.8. The number of allylic oxidation sites excluding steroid dienone is 4.